The van der Waals surface area contributed by atoms with Crippen molar-refractivity contribution in [2.24, 2.45) is 5.92 Å². The summed E-state index contributed by atoms with van der Waals surface area (Å²) in [7, 11) is 0. The molecule has 1 saturated carbocycles. The fraction of sp³-hybridized carbons (Fsp3) is 0.500. The monoisotopic (exact) mass is 386 g/mol. The predicted molar refractivity (Wildman–Crippen MR) is 89.8 cm³/mol. The van der Waals surface area contributed by atoms with Gasteiger partial charge in [-0.2, -0.15) is 13.2 Å². The molecule has 0 aliphatic heterocycles. The first-order valence-electron chi connectivity index (χ1n) is 8.63. The van der Waals surface area contributed by atoms with Crippen LogP contribution in [0.2, 0.25) is 0 Å². The molecule has 0 radical (unpaired) electrons. The molecule has 1 aliphatic carbocycles. The van der Waals surface area contributed by atoms with Crippen LogP contribution in [-0.2, 0) is 16.1 Å². The van der Waals surface area contributed by atoms with Crippen molar-refractivity contribution < 1.29 is 32.7 Å². The normalized spacial score (nSPS) is 16.0. The number of hydrogen-bond acceptors (Lipinski definition) is 3. The molecule has 0 bridgehead atoms. The van der Waals surface area contributed by atoms with Gasteiger partial charge in [0.2, 0.25) is 5.91 Å². The van der Waals surface area contributed by atoms with Crippen LogP contribution in [0.5, 0.6) is 0 Å². The van der Waals surface area contributed by atoms with Gasteiger partial charge in [-0.15, -0.1) is 0 Å². The Hall–Kier alpha value is -2.58. The zero-order valence-electron chi connectivity index (χ0n) is 14.5. The Morgan fingerprint density at radius 2 is 1.70 bits per heavy atom. The number of aliphatic carboxylic acids is 1. The number of nitrogens with one attached hydrogen (secondary N) is 2. The number of carboxylic acid groups (broad SMARTS) is 1. The highest BCUT2D eigenvalue weighted by atomic mass is 19.4. The minimum Gasteiger partial charge on any atom is -0.480 e. The van der Waals surface area contributed by atoms with Crippen molar-refractivity contribution in [3.63, 3.8) is 0 Å². The van der Waals surface area contributed by atoms with Gasteiger partial charge in [0.25, 0.3) is 5.91 Å². The number of amides is 2. The summed E-state index contributed by atoms with van der Waals surface area (Å²) in [5, 5.41) is 13.5. The van der Waals surface area contributed by atoms with E-state index in [1.807, 2.05) is 5.32 Å². The number of carbonyl (C=O) groups is 3. The Morgan fingerprint density at radius 3 is 2.22 bits per heavy atom. The summed E-state index contributed by atoms with van der Waals surface area (Å²) >= 11 is 0. The Labute approximate surface area is 154 Å². The molecule has 0 saturated heterocycles. The predicted octanol–water partition coefficient (Wildman–Crippen LogP) is 2.63. The molecule has 1 aliphatic rings. The Kier molecular flexibility index (Phi) is 6.81. The van der Waals surface area contributed by atoms with Gasteiger partial charge in [0.1, 0.15) is 6.04 Å². The summed E-state index contributed by atoms with van der Waals surface area (Å²) in [6.45, 7) is 0.281. The Balaban J connectivity index is 1.90. The molecule has 0 spiro atoms. The van der Waals surface area contributed by atoms with Crippen molar-refractivity contribution in [3.8, 4) is 0 Å². The second kappa shape index (κ2) is 8.88. The highest BCUT2D eigenvalue weighted by Gasteiger charge is 2.36. The highest BCUT2D eigenvalue weighted by Crippen LogP contribution is 2.24. The summed E-state index contributed by atoms with van der Waals surface area (Å²) in [4.78, 5) is 34.9. The van der Waals surface area contributed by atoms with E-state index in [1.165, 1.54) is 12.1 Å². The van der Waals surface area contributed by atoms with Crippen molar-refractivity contribution in [3.05, 3.63) is 35.4 Å². The molecule has 6 nitrogen and oxygen atoms in total. The smallest absolute Gasteiger partial charge is 0.391 e. The summed E-state index contributed by atoms with van der Waals surface area (Å²) in [5.74, 6) is -2.64. The first-order chi connectivity index (χ1) is 12.7. The third-order valence-electron chi connectivity index (χ3n) is 4.45. The van der Waals surface area contributed by atoms with Gasteiger partial charge in [-0.3, -0.25) is 9.59 Å². The van der Waals surface area contributed by atoms with Gasteiger partial charge in [-0.1, -0.05) is 25.0 Å². The fourth-order valence-corrected chi connectivity index (χ4v) is 2.97. The molecule has 0 heterocycles. The minimum absolute atomic E-state index is 0.00855. The van der Waals surface area contributed by atoms with E-state index in [-0.39, 0.29) is 23.9 Å². The van der Waals surface area contributed by atoms with Crippen LogP contribution in [-0.4, -0.2) is 35.1 Å². The van der Waals surface area contributed by atoms with E-state index < -0.39 is 30.5 Å². The van der Waals surface area contributed by atoms with Crippen LogP contribution >= 0.6 is 0 Å². The molecule has 1 unspecified atom stereocenters. The average Bonchev–Trinajstić information content (AvgIpc) is 3.13. The van der Waals surface area contributed by atoms with E-state index in [2.05, 4.69) is 5.32 Å². The largest absolute Gasteiger partial charge is 0.480 e. The zero-order chi connectivity index (χ0) is 20.0. The minimum atomic E-state index is -4.71. The van der Waals surface area contributed by atoms with Crippen LogP contribution in [0.3, 0.4) is 0 Å². The fourth-order valence-electron chi connectivity index (χ4n) is 2.97. The molecule has 3 N–H and O–H groups in total. The first kappa shape index (κ1) is 20.7. The van der Waals surface area contributed by atoms with Crippen molar-refractivity contribution in [1.82, 2.24) is 10.6 Å². The lowest BCUT2D eigenvalue weighted by Crippen LogP contribution is -2.43. The Morgan fingerprint density at radius 1 is 1.11 bits per heavy atom. The number of alkyl halides is 3. The second-order valence-corrected chi connectivity index (χ2v) is 6.58. The van der Waals surface area contributed by atoms with E-state index >= 15 is 0 Å². The van der Waals surface area contributed by atoms with E-state index in [0.717, 1.165) is 31.2 Å². The topological polar surface area (TPSA) is 95.5 Å². The van der Waals surface area contributed by atoms with Gasteiger partial charge in [0.05, 0.1) is 6.42 Å². The maximum atomic E-state index is 12.4. The van der Waals surface area contributed by atoms with Gasteiger partial charge in [0.15, 0.2) is 0 Å². The number of rotatable bonds is 7. The molecule has 27 heavy (non-hydrogen) atoms. The van der Waals surface area contributed by atoms with Crippen molar-refractivity contribution in [1.29, 1.82) is 0 Å². The van der Waals surface area contributed by atoms with Crippen LogP contribution in [0.25, 0.3) is 0 Å². The van der Waals surface area contributed by atoms with Crippen LogP contribution in [0.1, 0.15) is 48.0 Å². The Bertz CT molecular complexity index is 683. The molecule has 9 heteroatoms. The van der Waals surface area contributed by atoms with Crippen LogP contribution in [0.15, 0.2) is 24.3 Å². The maximum Gasteiger partial charge on any atom is 0.391 e. The number of carbonyl (C=O) groups excluding carboxylic acids is 2. The standard InChI is InChI=1S/C18H21F3N2O4/c19-18(20,21)9-14(17(26)27)23-16(25)13-7-5-11(6-8-13)10-22-15(24)12-3-1-2-4-12/h5-8,12,14H,1-4,9-10H2,(H,22,24)(H,23,25)(H,26,27). The van der Waals surface area contributed by atoms with Gasteiger partial charge in [-0.05, 0) is 30.5 Å². The molecule has 2 amide bonds. The third-order valence-corrected chi connectivity index (χ3v) is 4.45. The average molecular weight is 386 g/mol. The lowest BCUT2D eigenvalue weighted by molar-refractivity contribution is -0.157. The molecule has 1 aromatic rings. The van der Waals surface area contributed by atoms with Gasteiger partial charge in [0, 0.05) is 18.0 Å². The van der Waals surface area contributed by atoms with E-state index in [1.54, 1.807) is 12.1 Å². The molecular weight excluding hydrogens is 365 g/mol. The quantitative estimate of drug-likeness (QED) is 0.671. The van der Waals surface area contributed by atoms with Crippen LogP contribution in [0, 0.1) is 5.92 Å². The molecule has 148 valence electrons. The summed E-state index contributed by atoms with van der Waals surface area (Å²) in [6.07, 6.45) is -2.50. The van der Waals surface area contributed by atoms with Crippen molar-refractivity contribution in [2.45, 2.75) is 50.9 Å². The first-order valence-corrected chi connectivity index (χ1v) is 8.63. The number of halogens is 3. The van der Waals surface area contributed by atoms with Crippen molar-refractivity contribution >= 4 is 17.8 Å². The zero-order valence-corrected chi connectivity index (χ0v) is 14.5. The van der Waals surface area contributed by atoms with E-state index in [0.29, 0.717) is 0 Å². The lowest BCUT2D eigenvalue weighted by Gasteiger charge is -2.16. The van der Waals surface area contributed by atoms with Gasteiger partial charge in [-0.25, -0.2) is 4.79 Å². The van der Waals surface area contributed by atoms with Crippen molar-refractivity contribution in [2.75, 3.05) is 0 Å². The van der Waals surface area contributed by atoms with Gasteiger partial charge >= 0.3 is 12.1 Å². The molecular formula is C18H21F3N2O4. The molecule has 2 rings (SSSR count). The summed E-state index contributed by atoms with van der Waals surface area (Å²) < 4.78 is 37.2. The molecule has 1 atom stereocenters. The van der Waals surface area contributed by atoms with Crippen LogP contribution in [0.4, 0.5) is 13.2 Å². The highest BCUT2D eigenvalue weighted by molar-refractivity contribution is 5.96. The molecule has 0 aromatic heterocycles. The molecule has 1 aromatic carbocycles. The maximum absolute atomic E-state index is 12.4. The number of benzene rings is 1. The van der Waals surface area contributed by atoms with Crippen LogP contribution < -0.4 is 10.6 Å². The second-order valence-electron chi connectivity index (χ2n) is 6.58. The van der Waals surface area contributed by atoms with Gasteiger partial charge < -0.3 is 15.7 Å². The lowest BCUT2D eigenvalue weighted by atomic mass is 10.1. The SMILES string of the molecule is O=C(NC(CC(F)(F)F)C(=O)O)c1ccc(CNC(=O)C2CCCC2)cc1. The molecule has 1 fully saturated rings. The van der Waals surface area contributed by atoms with E-state index in [9.17, 15) is 27.6 Å². The third kappa shape index (κ3) is 6.58. The summed E-state index contributed by atoms with van der Waals surface area (Å²) in [6, 6.07) is 3.81. The number of carboxylic acids is 1. The summed E-state index contributed by atoms with van der Waals surface area (Å²) in [5.41, 5.74) is 0.761. The number of hydrogen-bond donors (Lipinski definition) is 3. The van der Waals surface area contributed by atoms with E-state index in [4.69, 9.17) is 5.11 Å².